The van der Waals surface area contributed by atoms with Crippen LogP contribution in [0.1, 0.15) is 5.89 Å². The lowest BCUT2D eigenvalue weighted by atomic mass is 10.2. The number of hydrogen-bond acceptors (Lipinski definition) is 6. The number of likely N-dealkylation sites (N-methyl/N-ethyl adjacent to an activating group) is 1. The molecule has 0 aliphatic rings. The van der Waals surface area contributed by atoms with Gasteiger partial charge in [0, 0.05) is 17.6 Å². The van der Waals surface area contributed by atoms with Crippen molar-refractivity contribution in [1.82, 2.24) is 19.8 Å². The van der Waals surface area contributed by atoms with Gasteiger partial charge in [-0.3, -0.25) is 4.79 Å². The Labute approximate surface area is 177 Å². The molecule has 29 heavy (non-hydrogen) atoms. The van der Waals surface area contributed by atoms with Gasteiger partial charge < -0.3 is 9.84 Å². The van der Waals surface area contributed by atoms with E-state index in [1.807, 2.05) is 30.3 Å². The summed E-state index contributed by atoms with van der Waals surface area (Å²) in [7, 11) is -2.73. The van der Waals surface area contributed by atoms with Crippen molar-refractivity contribution in [3.05, 3.63) is 64.5 Å². The summed E-state index contributed by atoms with van der Waals surface area (Å²) in [6.07, 6.45) is 0. The molecule has 1 N–H and O–H groups in total. The van der Waals surface area contributed by atoms with Crippen molar-refractivity contribution >= 4 is 39.1 Å². The van der Waals surface area contributed by atoms with Crippen LogP contribution < -0.4 is 5.32 Å². The molecule has 0 saturated heterocycles. The highest BCUT2D eigenvalue weighted by Gasteiger charge is 2.26. The maximum absolute atomic E-state index is 12.6. The van der Waals surface area contributed by atoms with Crippen LogP contribution in [0, 0.1) is 0 Å². The first-order valence-corrected chi connectivity index (χ1v) is 10.5. The van der Waals surface area contributed by atoms with Crippen molar-refractivity contribution in [2.75, 3.05) is 13.6 Å². The van der Waals surface area contributed by atoms with Gasteiger partial charge in [-0.1, -0.05) is 58.7 Å². The molecule has 8 nitrogen and oxygen atoms in total. The molecule has 3 aromatic rings. The van der Waals surface area contributed by atoms with E-state index in [1.54, 1.807) is 0 Å². The molecule has 3 rings (SSSR count). The number of carbonyl (C=O) groups is 1. The summed E-state index contributed by atoms with van der Waals surface area (Å²) in [4.78, 5) is 16.2. The van der Waals surface area contributed by atoms with Crippen molar-refractivity contribution in [1.29, 1.82) is 0 Å². The third kappa shape index (κ3) is 5.13. The molecule has 0 saturated carbocycles. The maximum Gasteiger partial charge on any atom is 0.246 e. The van der Waals surface area contributed by atoms with E-state index in [4.69, 9.17) is 27.7 Å². The van der Waals surface area contributed by atoms with Gasteiger partial charge in [-0.2, -0.15) is 9.29 Å². The number of amides is 1. The summed E-state index contributed by atoms with van der Waals surface area (Å²) in [5.41, 5.74) is 0.776. The minimum atomic E-state index is -4.00. The first kappa shape index (κ1) is 21.3. The fraction of sp³-hybridized carbons (Fsp3) is 0.167. The fourth-order valence-corrected chi connectivity index (χ4v) is 4.25. The van der Waals surface area contributed by atoms with E-state index < -0.39 is 22.5 Å². The van der Waals surface area contributed by atoms with E-state index in [0.29, 0.717) is 5.82 Å². The van der Waals surface area contributed by atoms with Crippen LogP contribution in [0.25, 0.3) is 11.4 Å². The van der Waals surface area contributed by atoms with Gasteiger partial charge in [0.05, 0.1) is 18.1 Å². The number of rotatable bonds is 7. The molecule has 0 atom stereocenters. The molecule has 1 aromatic heterocycles. The van der Waals surface area contributed by atoms with Crippen molar-refractivity contribution in [3.8, 4) is 11.4 Å². The molecule has 1 amide bonds. The minimum absolute atomic E-state index is 0.0148. The number of aromatic nitrogens is 2. The van der Waals surface area contributed by atoms with E-state index in [1.165, 1.54) is 25.2 Å². The zero-order chi connectivity index (χ0) is 21.0. The molecule has 0 aliphatic carbocycles. The molecule has 0 spiro atoms. The number of carbonyl (C=O) groups excluding carboxylic acids is 1. The van der Waals surface area contributed by atoms with E-state index in [-0.39, 0.29) is 27.4 Å². The molecule has 0 aliphatic heterocycles. The van der Waals surface area contributed by atoms with Gasteiger partial charge >= 0.3 is 0 Å². The van der Waals surface area contributed by atoms with Crippen LogP contribution in [0.15, 0.2) is 57.9 Å². The van der Waals surface area contributed by atoms with E-state index in [9.17, 15) is 13.2 Å². The summed E-state index contributed by atoms with van der Waals surface area (Å²) >= 11 is 11.8. The largest absolute Gasteiger partial charge is 0.346 e. The maximum atomic E-state index is 12.6. The Hall–Kier alpha value is -2.46. The number of sulfonamides is 1. The van der Waals surface area contributed by atoms with Crippen LogP contribution in [0.3, 0.4) is 0 Å². The first-order valence-electron chi connectivity index (χ1n) is 8.33. The summed E-state index contributed by atoms with van der Waals surface area (Å²) in [6, 6.07) is 13.3. The van der Waals surface area contributed by atoms with Gasteiger partial charge in [-0.15, -0.1) is 0 Å². The second-order valence-corrected chi connectivity index (χ2v) is 8.85. The molecule has 11 heteroatoms. The molecular formula is C18H16Cl2N4O4S. The Bertz CT molecular complexity index is 1120. The van der Waals surface area contributed by atoms with Gasteiger partial charge in [0.25, 0.3) is 0 Å². The van der Waals surface area contributed by atoms with E-state index in [0.717, 1.165) is 9.87 Å². The van der Waals surface area contributed by atoms with E-state index in [2.05, 4.69) is 15.5 Å². The highest BCUT2D eigenvalue weighted by Crippen LogP contribution is 2.27. The Balaban J connectivity index is 1.61. The number of halogens is 2. The van der Waals surface area contributed by atoms with Crippen molar-refractivity contribution in [2.45, 2.75) is 11.4 Å². The van der Waals surface area contributed by atoms with Crippen LogP contribution in [0.5, 0.6) is 0 Å². The third-order valence-electron chi connectivity index (χ3n) is 3.88. The second-order valence-electron chi connectivity index (χ2n) is 5.99. The molecule has 0 unspecified atom stereocenters. The molecular weight excluding hydrogens is 439 g/mol. The average molecular weight is 455 g/mol. The Morgan fingerprint density at radius 1 is 1.17 bits per heavy atom. The number of hydrogen-bond donors (Lipinski definition) is 1. The van der Waals surface area contributed by atoms with Crippen LogP contribution in [-0.2, 0) is 21.4 Å². The standard InChI is InChI=1S/C18H16Cl2N4O4S/c1-24(29(26,27)15-9-13(19)7-8-14(15)20)11-16(25)21-10-17-22-18(23-28-17)12-5-3-2-4-6-12/h2-9H,10-11H2,1H3,(H,21,25). The van der Waals surface area contributed by atoms with Crippen molar-refractivity contribution < 1.29 is 17.7 Å². The summed E-state index contributed by atoms with van der Waals surface area (Å²) in [6.45, 7) is -0.463. The Morgan fingerprint density at radius 3 is 2.62 bits per heavy atom. The van der Waals surface area contributed by atoms with Gasteiger partial charge in [0.15, 0.2) is 0 Å². The monoisotopic (exact) mass is 454 g/mol. The highest BCUT2D eigenvalue weighted by atomic mass is 35.5. The topological polar surface area (TPSA) is 105 Å². The summed E-state index contributed by atoms with van der Waals surface area (Å²) < 4.78 is 31.3. The Kier molecular flexibility index (Phi) is 6.53. The van der Waals surface area contributed by atoms with Gasteiger partial charge in [-0.25, -0.2) is 8.42 Å². The minimum Gasteiger partial charge on any atom is -0.346 e. The van der Waals surface area contributed by atoms with Crippen molar-refractivity contribution in [3.63, 3.8) is 0 Å². The molecule has 0 bridgehead atoms. The smallest absolute Gasteiger partial charge is 0.246 e. The lowest BCUT2D eigenvalue weighted by molar-refractivity contribution is -0.121. The Morgan fingerprint density at radius 2 is 1.90 bits per heavy atom. The van der Waals surface area contributed by atoms with Crippen molar-refractivity contribution in [2.24, 2.45) is 0 Å². The van der Waals surface area contributed by atoms with E-state index >= 15 is 0 Å². The zero-order valence-electron chi connectivity index (χ0n) is 15.2. The summed E-state index contributed by atoms with van der Waals surface area (Å²) in [5.74, 6) is 0.0411. The first-order chi connectivity index (χ1) is 13.8. The normalized spacial score (nSPS) is 11.6. The molecule has 152 valence electrons. The predicted octanol–water partition coefficient (Wildman–Crippen LogP) is 2.98. The molecule has 1 heterocycles. The highest BCUT2D eigenvalue weighted by molar-refractivity contribution is 7.89. The predicted molar refractivity (Wildman–Crippen MR) is 108 cm³/mol. The SMILES string of the molecule is CN(CC(=O)NCc1nc(-c2ccccc2)no1)S(=O)(=O)c1cc(Cl)ccc1Cl. The lowest BCUT2D eigenvalue weighted by Gasteiger charge is -2.17. The third-order valence-corrected chi connectivity index (χ3v) is 6.40. The number of nitrogens with one attached hydrogen (secondary N) is 1. The fourth-order valence-electron chi connectivity index (χ4n) is 2.39. The zero-order valence-corrected chi connectivity index (χ0v) is 17.5. The van der Waals surface area contributed by atoms with Crippen LogP contribution >= 0.6 is 23.2 Å². The lowest BCUT2D eigenvalue weighted by Crippen LogP contribution is -2.38. The quantitative estimate of drug-likeness (QED) is 0.587. The average Bonchev–Trinajstić information content (AvgIpc) is 3.18. The molecule has 0 radical (unpaired) electrons. The van der Waals surface area contributed by atoms with Crippen LogP contribution in [0.2, 0.25) is 10.0 Å². The second kappa shape index (κ2) is 8.91. The van der Waals surface area contributed by atoms with Gasteiger partial charge in [0.2, 0.25) is 27.6 Å². The summed E-state index contributed by atoms with van der Waals surface area (Å²) in [5, 5.41) is 6.63. The molecule has 2 aromatic carbocycles. The van der Waals surface area contributed by atoms with Gasteiger partial charge in [0.1, 0.15) is 4.90 Å². The number of benzene rings is 2. The van der Waals surface area contributed by atoms with Crippen LogP contribution in [0.4, 0.5) is 0 Å². The van der Waals surface area contributed by atoms with Crippen LogP contribution in [-0.4, -0.2) is 42.4 Å². The molecule has 0 fully saturated rings. The van der Waals surface area contributed by atoms with Gasteiger partial charge in [-0.05, 0) is 18.2 Å². The number of nitrogens with zero attached hydrogens (tertiary/aromatic N) is 3.